The molecular weight excluding hydrogens is 204 g/mol. The highest BCUT2D eigenvalue weighted by molar-refractivity contribution is 8.00. The Morgan fingerprint density at radius 1 is 1.50 bits per heavy atom. The van der Waals surface area contributed by atoms with Gasteiger partial charge in [-0.15, -0.1) is 11.8 Å². The van der Waals surface area contributed by atoms with Gasteiger partial charge < -0.3 is 5.73 Å². The number of nitrogens with two attached hydrogens (primary N) is 1. The smallest absolute Gasteiger partial charge is 0.256 e. The normalized spacial score (nSPS) is 21.6. The topological polar surface area (TPSA) is 81.4 Å². The molecule has 1 rings (SSSR count). The van der Waals surface area contributed by atoms with Crippen LogP contribution < -0.4 is 11.2 Å². The van der Waals surface area contributed by atoms with E-state index in [0.717, 1.165) is 25.0 Å². The predicted octanol–water partition coefficient (Wildman–Crippen LogP) is -0.195. The molecule has 0 aliphatic carbocycles. The molecule has 1 heterocycles. The molecule has 0 bridgehead atoms. The highest BCUT2D eigenvalue weighted by Crippen LogP contribution is 2.24. The summed E-state index contributed by atoms with van der Waals surface area (Å²) in [7, 11) is 0. The molecule has 1 aliphatic heterocycles. The van der Waals surface area contributed by atoms with E-state index in [1.165, 1.54) is 0 Å². The summed E-state index contributed by atoms with van der Waals surface area (Å²) >= 11 is 1.62. The molecule has 0 radical (unpaired) electrons. The summed E-state index contributed by atoms with van der Waals surface area (Å²) < 4.78 is 0. The summed E-state index contributed by atoms with van der Waals surface area (Å²) in [6, 6.07) is 0. The van der Waals surface area contributed by atoms with E-state index in [4.69, 9.17) is 5.73 Å². The molecular formula is C8H14N2O3S. The Bertz CT molecular complexity index is 217. The molecule has 1 unspecified atom stereocenters. The van der Waals surface area contributed by atoms with E-state index in [2.05, 4.69) is 10.3 Å². The van der Waals surface area contributed by atoms with Crippen molar-refractivity contribution >= 4 is 23.6 Å². The molecule has 5 nitrogen and oxygen atoms in total. The SMILES string of the molecule is NC(=O)CONC(=O)C1CCCCS1. The predicted molar refractivity (Wildman–Crippen MR) is 53.4 cm³/mol. The lowest BCUT2D eigenvalue weighted by molar-refractivity contribution is -0.137. The first-order valence-corrected chi connectivity index (χ1v) is 5.56. The average molecular weight is 218 g/mol. The third-order valence-corrected chi connectivity index (χ3v) is 3.24. The molecule has 0 aromatic heterocycles. The van der Waals surface area contributed by atoms with Crippen LogP contribution in [0.5, 0.6) is 0 Å². The van der Waals surface area contributed by atoms with Crippen molar-refractivity contribution in [3.05, 3.63) is 0 Å². The van der Waals surface area contributed by atoms with Gasteiger partial charge in [-0.1, -0.05) is 6.42 Å². The maximum absolute atomic E-state index is 11.4. The van der Waals surface area contributed by atoms with Crippen molar-refractivity contribution in [1.82, 2.24) is 5.48 Å². The quantitative estimate of drug-likeness (QED) is 0.641. The third kappa shape index (κ3) is 3.97. The van der Waals surface area contributed by atoms with E-state index < -0.39 is 5.91 Å². The number of primary amides is 1. The van der Waals surface area contributed by atoms with Crippen molar-refractivity contribution in [2.45, 2.75) is 24.5 Å². The van der Waals surface area contributed by atoms with Crippen LogP contribution in [-0.4, -0.2) is 29.4 Å². The monoisotopic (exact) mass is 218 g/mol. The van der Waals surface area contributed by atoms with Crippen LogP contribution in [-0.2, 0) is 14.4 Å². The maximum Gasteiger partial charge on any atom is 0.256 e. The summed E-state index contributed by atoms with van der Waals surface area (Å²) in [5.74, 6) is 0.242. The van der Waals surface area contributed by atoms with Crippen molar-refractivity contribution < 1.29 is 14.4 Å². The van der Waals surface area contributed by atoms with Crippen molar-refractivity contribution in [1.29, 1.82) is 0 Å². The molecule has 80 valence electrons. The van der Waals surface area contributed by atoms with Crippen molar-refractivity contribution in [3.63, 3.8) is 0 Å². The minimum atomic E-state index is -0.596. The molecule has 0 saturated carbocycles. The standard InChI is InChI=1S/C8H14N2O3S/c9-7(11)5-13-10-8(12)6-3-1-2-4-14-6/h6H,1-5H2,(H2,9,11)(H,10,12). The van der Waals surface area contributed by atoms with Gasteiger partial charge in [-0.2, -0.15) is 0 Å². The largest absolute Gasteiger partial charge is 0.368 e. The number of nitrogens with one attached hydrogen (secondary N) is 1. The Morgan fingerprint density at radius 2 is 2.29 bits per heavy atom. The first-order valence-electron chi connectivity index (χ1n) is 4.51. The van der Waals surface area contributed by atoms with Crippen LogP contribution in [0.2, 0.25) is 0 Å². The first-order chi connectivity index (χ1) is 6.70. The fraction of sp³-hybridized carbons (Fsp3) is 0.750. The number of rotatable bonds is 4. The van der Waals surface area contributed by atoms with Gasteiger partial charge in [0.15, 0.2) is 6.61 Å². The number of thioether (sulfide) groups is 1. The van der Waals surface area contributed by atoms with Crippen LogP contribution in [0.1, 0.15) is 19.3 Å². The Hall–Kier alpha value is -0.750. The second-order valence-electron chi connectivity index (χ2n) is 3.08. The molecule has 1 atom stereocenters. The Balaban J connectivity index is 2.16. The van der Waals surface area contributed by atoms with E-state index in [-0.39, 0.29) is 17.8 Å². The lowest BCUT2D eigenvalue weighted by Gasteiger charge is -2.19. The van der Waals surface area contributed by atoms with Crippen LogP contribution in [0.25, 0.3) is 0 Å². The highest BCUT2D eigenvalue weighted by atomic mass is 32.2. The van der Waals surface area contributed by atoms with Gasteiger partial charge in [-0.05, 0) is 18.6 Å². The van der Waals surface area contributed by atoms with E-state index in [9.17, 15) is 9.59 Å². The van der Waals surface area contributed by atoms with Crippen LogP contribution in [0.4, 0.5) is 0 Å². The van der Waals surface area contributed by atoms with Gasteiger partial charge in [-0.3, -0.25) is 14.4 Å². The summed E-state index contributed by atoms with van der Waals surface area (Å²) in [5, 5.41) is -0.0448. The Labute approximate surface area is 86.7 Å². The number of carbonyl (C=O) groups is 2. The first kappa shape index (κ1) is 11.3. The number of hydroxylamine groups is 1. The van der Waals surface area contributed by atoms with E-state index in [1.54, 1.807) is 11.8 Å². The van der Waals surface area contributed by atoms with Gasteiger partial charge in [0.05, 0.1) is 5.25 Å². The van der Waals surface area contributed by atoms with Crippen LogP contribution >= 0.6 is 11.8 Å². The molecule has 0 aromatic rings. The average Bonchev–Trinajstić information content (AvgIpc) is 2.18. The van der Waals surface area contributed by atoms with Crippen molar-refractivity contribution in [2.75, 3.05) is 12.4 Å². The number of amides is 2. The summed E-state index contributed by atoms with van der Waals surface area (Å²) in [6.45, 7) is -0.275. The zero-order chi connectivity index (χ0) is 10.4. The van der Waals surface area contributed by atoms with Gasteiger partial charge in [0.25, 0.3) is 5.91 Å². The van der Waals surface area contributed by atoms with Crippen molar-refractivity contribution in [3.8, 4) is 0 Å². The Morgan fingerprint density at radius 3 is 2.86 bits per heavy atom. The van der Waals surface area contributed by atoms with Gasteiger partial charge in [0.1, 0.15) is 0 Å². The fourth-order valence-electron chi connectivity index (χ4n) is 1.19. The minimum absolute atomic E-state index is 0.0448. The van der Waals surface area contributed by atoms with Crippen LogP contribution in [0.3, 0.4) is 0 Å². The summed E-state index contributed by atoms with van der Waals surface area (Å²) in [5.41, 5.74) is 7.06. The molecule has 1 fully saturated rings. The second-order valence-corrected chi connectivity index (χ2v) is 4.39. The maximum atomic E-state index is 11.4. The highest BCUT2D eigenvalue weighted by Gasteiger charge is 2.21. The molecule has 1 saturated heterocycles. The molecule has 14 heavy (non-hydrogen) atoms. The number of hydrogen-bond acceptors (Lipinski definition) is 4. The zero-order valence-electron chi connectivity index (χ0n) is 7.82. The second kappa shape index (κ2) is 5.87. The van der Waals surface area contributed by atoms with Crippen LogP contribution in [0, 0.1) is 0 Å². The lowest BCUT2D eigenvalue weighted by atomic mass is 10.2. The lowest BCUT2D eigenvalue weighted by Crippen LogP contribution is -2.36. The molecule has 0 aromatic carbocycles. The molecule has 1 aliphatic rings. The molecule has 3 N–H and O–H groups in total. The molecule has 0 spiro atoms. The third-order valence-electron chi connectivity index (χ3n) is 1.86. The van der Waals surface area contributed by atoms with Crippen molar-refractivity contribution in [2.24, 2.45) is 5.73 Å². The summed E-state index contributed by atoms with van der Waals surface area (Å²) in [6.07, 6.45) is 3.11. The van der Waals surface area contributed by atoms with E-state index >= 15 is 0 Å². The van der Waals surface area contributed by atoms with Crippen LogP contribution in [0.15, 0.2) is 0 Å². The van der Waals surface area contributed by atoms with Gasteiger partial charge >= 0.3 is 0 Å². The molecule has 6 heteroatoms. The molecule has 2 amide bonds. The van der Waals surface area contributed by atoms with Gasteiger partial charge in [0, 0.05) is 0 Å². The van der Waals surface area contributed by atoms with E-state index in [1.807, 2.05) is 0 Å². The van der Waals surface area contributed by atoms with E-state index in [0.29, 0.717) is 0 Å². The number of hydrogen-bond donors (Lipinski definition) is 2. The fourth-order valence-corrected chi connectivity index (χ4v) is 2.38. The zero-order valence-corrected chi connectivity index (χ0v) is 8.64. The Kier molecular flexibility index (Phi) is 4.75. The van der Waals surface area contributed by atoms with Gasteiger partial charge in [0.2, 0.25) is 5.91 Å². The van der Waals surface area contributed by atoms with Gasteiger partial charge in [-0.25, -0.2) is 5.48 Å². The minimum Gasteiger partial charge on any atom is -0.368 e. The number of carbonyl (C=O) groups excluding carboxylic acids is 2. The summed E-state index contributed by atoms with van der Waals surface area (Å²) in [4.78, 5) is 26.3.